The smallest absolute Gasteiger partial charge is 0.300 e. The summed E-state index contributed by atoms with van der Waals surface area (Å²) in [7, 11) is 1.91. The minimum Gasteiger partial charge on any atom is -0.329 e. The maximum Gasteiger partial charge on any atom is 0.300 e. The molecule has 0 aliphatic rings. The van der Waals surface area contributed by atoms with Crippen molar-refractivity contribution in [3.05, 3.63) is 50.8 Å². The summed E-state index contributed by atoms with van der Waals surface area (Å²) in [5.41, 5.74) is 1.63. The molecule has 0 atom stereocenters. The second-order valence-corrected chi connectivity index (χ2v) is 5.24. The second-order valence-electron chi connectivity index (χ2n) is 4.00. The Morgan fingerprint density at radius 1 is 1.37 bits per heavy atom. The van der Waals surface area contributed by atoms with Gasteiger partial charge >= 0.3 is 5.56 Å². The van der Waals surface area contributed by atoms with E-state index >= 15 is 0 Å². The van der Waals surface area contributed by atoms with Crippen LogP contribution in [0.25, 0.3) is 11.2 Å². The number of rotatable bonds is 2. The molecule has 1 aromatic carbocycles. The Kier molecular flexibility index (Phi) is 2.97. The van der Waals surface area contributed by atoms with E-state index in [9.17, 15) is 4.79 Å². The van der Waals surface area contributed by atoms with Crippen LogP contribution in [0.1, 0.15) is 0 Å². The third-order valence-electron chi connectivity index (χ3n) is 2.84. The van der Waals surface area contributed by atoms with E-state index in [1.807, 2.05) is 36.3 Å². The molecule has 7 heteroatoms. The first kappa shape index (κ1) is 12.2. The van der Waals surface area contributed by atoms with Gasteiger partial charge in [0.25, 0.3) is 0 Å². The first-order chi connectivity index (χ1) is 9.16. The van der Waals surface area contributed by atoms with Gasteiger partial charge in [-0.3, -0.25) is 9.80 Å². The number of nitrogens with zero attached hydrogens (tertiary/aromatic N) is 4. The third kappa shape index (κ3) is 2.09. The van der Waals surface area contributed by atoms with Gasteiger partial charge in [-0.05, 0) is 40.8 Å². The van der Waals surface area contributed by atoms with Crippen molar-refractivity contribution < 1.29 is 0 Å². The first-order valence-corrected chi connectivity index (χ1v) is 6.65. The molecule has 0 bridgehead atoms. The molecule has 0 saturated heterocycles. The van der Waals surface area contributed by atoms with Gasteiger partial charge in [-0.2, -0.15) is 4.98 Å². The Hall–Kier alpha value is -1.90. The van der Waals surface area contributed by atoms with Gasteiger partial charge in [-0.15, -0.1) is 0 Å². The van der Waals surface area contributed by atoms with Crippen LogP contribution in [0.4, 0.5) is 5.69 Å². The largest absolute Gasteiger partial charge is 0.329 e. The van der Waals surface area contributed by atoms with E-state index in [-0.39, 0.29) is 5.56 Å². The van der Waals surface area contributed by atoms with Crippen molar-refractivity contribution in [2.45, 2.75) is 0 Å². The van der Waals surface area contributed by atoms with Crippen molar-refractivity contribution in [1.29, 1.82) is 0 Å². The number of hydrogen-bond donors (Lipinski definition) is 1. The topological polar surface area (TPSA) is 66.8 Å². The number of aromatic amines is 1. The summed E-state index contributed by atoms with van der Waals surface area (Å²) in [4.78, 5) is 22.3. The highest BCUT2D eigenvalue weighted by Gasteiger charge is 2.11. The summed E-state index contributed by atoms with van der Waals surface area (Å²) in [6.07, 6.45) is 2.98. The normalized spacial score (nSPS) is 10.8. The number of imidazole rings is 1. The average Bonchev–Trinajstić information content (AvgIpc) is 2.83. The van der Waals surface area contributed by atoms with Crippen LogP contribution in [-0.2, 0) is 0 Å². The van der Waals surface area contributed by atoms with Crippen molar-refractivity contribution in [2.75, 3.05) is 12.1 Å². The van der Waals surface area contributed by atoms with Gasteiger partial charge in [0, 0.05) is 10.6 Å². The summed E-state index contributed by atoms with van der Waals surface area (Å²) >= 11 is 2.26. The molecular weight excluding hydrogens is 357 g/mol. The van der Waals surface area contributed by atoms with Crippen molar-refractivity contribution in [3.63, 3.8) is 0 Å². The Bertz CT molecular complexity index is 794. The molecule has 3 rings (SSSR count). The van der Waals surface area contributed by atoms with E-state index in [2.05, 4.69) is 37.5 Å². The molecule has 3 aromatic rings. The molecule has 0 radical (unpaired) electrons. The molecule has 0 aliphatic carbocycles. The van der Waals surface area contributed by atoms with Crippen molar-refractivity contribution in [1.82, 2.24) is 19.6 Å². The Morgan fingerprint density at radius 3 is 3.00 bits per heavy atom. The lowest BCUT2D eigenvalue weighted by Crippen LogP contribution is -2.24. The number of aromatic nitrogens is 4. The van der Waals surface area contributed by atoms with E-state index in [0.717, 1.165) is 9.26 Å². The maximum atomic E-state index is 11.6. The van der Waals surface area contributed by atoms with Crippen LogP contribution in [0, 0.1) is 3.57 Å². The molecule has 0 spiro atoms. The first-order valence-electron chi connectivity index (χ1n) is 5.57. The van der Waals surface area contributed by atoms with E-state index < -0.39 is 0 Å². The molecule has 2 heterocycles. The Balaban J connectivity index is 2.14. The molecule has 1 N–H and O–H groups in total. The van der Waals surface area contributed by atoms with Crippen LogP contribution in [0.5, 0.6) is 0 Å². The molecule has 19 heavy (non-hydrogen) atoms. The summed E-state index contributed by atoms with van der Waals surface area (Å²) in [5, 5.41) is 1.91. The highest BCUT2D eigenvalue weighted by molar-refractivity contribution is 14.1. The van der Waals surface area contributed by atoms with Gasteiger partial charge in [-0.25, -0.2) is 9.66 Å². The van der Waals surface area contributed by atoms with E-state index in [1.54, 1.807) is 11.0 Å². The monoisotopic (exact) mass is 367 g/mol. The number of fused-ring (bicyclic) bond motifs is 1. The minimum atomic E-state index is -0.330. The molecular formula is C12H10IN5O. The van der Waals surface area contributed by atoms with Crippen molar-refractivity contribution in [3.8, 4) is 0 Å². The molecule has 0 fully saturated rings. The number of halogens is 1. The summed E-state index contributed by atoms with van der Waals surface area (Å²) in [5.74, 6) is 0. The number of hydrogen-bond acceptors (Lipinski definition) is 4. The standard InChI is InChI=1S/C12H10IN5O/c1-17(9-4-2-3-8(13)5-9)18-7-16-10-11(18)14-6-15-12(10)19/h2-7H,1H3,(H,14,15,19). The Morgan fingerprint density at radius 2 is 2.21 bits per heavy atom. The lowest BCUT2D eigenvalue weighted by atomic mass is 10.3. The van der Waals surface area contributed by atoms with Crippen LogP contribution in [0.3, 0.4) is 0 Å². The fourth-order valence-electron chi connectivity index (χ4n) is 1.87. The fourth-order valence-corrected chi connectivity index (χ4v) is 2.40. The fraction of sp³-hybridized carbons (Fsp3) is 0.0833. The number of benzene rings is 1. The molecule has 6 nitrogen and oxygen atoms in total. The Labute approximate surface area is 122 Å². The SMILES string of the molecule is CN(c1cccc(I)c1)n1cnc2c(=O)nc[nH]c21. The molecule has 96 valence electrons. The lowest BCUT2D eigenvalue weighted by molar-refractivity contribution is 0.787. The van der Waals surface area contributed by atoms with E-state index in [4.69, 9.17) is 0 Å². The van der Waals surface area contributed by atoms with Crippen molar-refractivity contribution >= 4 is 39.4 Å². The van der Waals surface area contributed by atoms with Gasteiger partial charge in [0.05, 0.1) is 12.0 Å². The zero-order chi connectivity index (χ0) is 13.4. The zero-order valence-corrected chi connectivity index (χ0v) is 12.2. The van der Waals surface area contributed by atoms with Gasteiger partial charge in [0.1, 0.15) is 6.33 Å². The second kappa shape index (κ2) is 4.65. The molecule has 0 amide bonds. The van der Waals surface area contributed by atoms with E-state index in [1.165, 1.54) is 6.33 Å². The van der Waals surface area contributed by atoms with Crippen molar-refractivity contribution in [2.24, 2.45) is 0 Å². The lowest BCUT2D eigenvalue weighted by Gasteiger charge is -2.20. The van der Waals surface area contributed by atoms with Gasteiger partial charge in [0.2, 0.25) is 0 Å². The molecule has 0 unspecified atom stereocenters. The van der Waals surface area contributed by atoms with E-state index in [0.29, 0.717) is 11.2 Å². The highest BCUT2D eigenvalue weighted by atomic mass is 127. The zero-order valence-electron chi connectivity index (χ0n) is 10.0. The summed E-state index contributed by atoms with van der Waals surface area (Å²) < 4.78 is 2.92. The van der Waals surface area contributed by atoms with Crippen LogP contribution in [0.15, 0.2) is 41.7 Å². The molecule has 2 aromatic heterocycles. The van der Waals surface area contributed by atoms with Gasteiger partial charge in [-0.1, -0.05) is 6.07 Å². The average molecular weight is 367 g/mol. The maximum absolute atomic E-state index is 11.6. The van der Waals surface area contributed by atoms with Gasteiger partial charge < -0.3 is 4.98 Å². The van der Waals surface area contributed by atoms with Crippen LogP contribution in [-0.4, -0.2) is 26.7 Å². The predicted octanol–water partition coefficient (Wildman–Crippen LogP) is 1.62. The molecule has 0 saturated carbocycles. The van der Waals surface area contributed by atoms with Crippen LogP contribution >= 0.6 is 22.6 Å². The number of H-pyrrole nitrogens is 1. The van der Waals surface area contributed by atoms with Gasteiger partial charge in [0.15, 0.2) is 11.2 Å². The third-order valence-corrected chi connectivity index (χ3v) is 3.51. The molecule has 0 aliphatic heterocycles. The van der Waals surface area contributed by atoms with Crippen LogP contribution < -0.4 is 10.6 Å². The predicted molar refractivity (Wildman–Crippen MR) is 81.1 cm³/mol. The van der Waals surface area contributed by atoms with Crippen LogP contribution in [0.2, 0.25) is 0 Å². The number of anilines is 1. The highest BCUT2D eigenvalue weighted by Crippen LogP contribution is 2.18. The minimum absolute atomic E-state index is 0.330. The quantitative estimate of drug-likeness (QED) is 0.700. The summed E-state index contributed by atoms with van der Waals surface area (Å²) in [6, 6.07) is 8.05. The number of nitrogens with one attached hydrogen (secondary N) is 1. The summed E-state index contributed by atoms with van der Waals surface area (Å²) in [6.45, 7) is 0.